The van der Waals surface area contributed by atoms with Gasteiger partial charge in [-0.05, 0) is 26.3 Å². The minimum atomic E-state index is -0.442. The molecule has 0 fully saturated rings. The summed E-state index contributed by atoms with van der Waals surface area (Å²) in [5.41, 5.74) is 8.76. The smallest absolute Gasteiger partial charge is 0.333 e. The summed E-state index contributed by atoms with van der Waals surface area (Å²) in [6, 6.07) is 0. The first-order chi connectivity index (χ1) is 5.63. The van der Waals surface area contributed by atoms with Crippen molar-refractivity contribution in [1.29, 1.82) is 0 Å². The minimum Gasteiger partial charge on any atom is -0.463 e. The molecule has 0 bridgehead atoms. The third-order valence-corrected chi connectivity index (χ3v) is 1.32. The summed E-state index contributed by atoms with van der Waals surface area (Å²) < 4.78 is 4.69. The van der Waals surface area contributed by atoms with Gasteiger partial charge in [0.2, 0.25) is 0 Å². The SMILES string of the molecule is CCOC(=O)/C(C)=C(\C)N=[N+]=[N-]. The third-order valence-electron chi connectivity index (χ3n) is 1.32. The highest BCUT2D eigenvalue weighted by Gasteiger charge is 2.06. The quantitative estimate of drug-likeness (QED) is 0.213. The molecule has 12 heavy (non-hydrogen) atoms. The van der Waals surface area contributed by atoms with Gasteiger partial charge in [-0.1, -0.05) is 5.11 Å². The minimum absolute atomic E-state index is 0.319. The monoisotopic (exact) mass is 169 g/mol. The molecule has 0 aromatic carbocycles. The Morgan fingerprint density at radius 3 is 2.58 bits per heavy atom. The molecule has 0 spiro atoms. The lowest BCUT2D eigenvalue weighted by molar-refractivity contribution is -0.138. The van der Waals surface area contributed by atoms with E-state index in [-0.39, 0.29) is 0 Å². The van der Waals surface area contributed by atoms with Crippen LogP contribution in [0.4, 0.5) is 0 Å². The second-order valence-electron chi connectivity index (χ2n) is 2.12. The fraction of sp³-hybridized carbons (Fsp3) is 0.571. The highest BCUT2D eigenvalue weighted by molar-refractivity contribution is 5.88. The van der Waals surface area contributed by atoms with Crippen LogP contribution in [-0.2, 0) is 9.53 Å². The molecule has 0 aromatic heterocycles. The Hall–Kier alpha value is -1.48. The Labute approximate surface area is 70.6 Å². The van der Waals surface area contributed by atoms with E-state index in [4.69, 9.17) is 10.3 Å². The molecule has 0 N–H and O–H groups in total. The number of azide groups is 1. The maximum atomic E-state index is 11.0. The van der Waals surface area contributed by atoms with Crippen LogP contribution in [0.5, 0.6) is 0 Å². The maximum Gasteiger partial charge on any atom is 0.333 e. The first-order valence-corrected chi connectivity index (χ1v) is 3.53. The summed E-state index contributed by atoms with van der Waals surface area (Å²) >= 11 is 0. The molecule has 0 saturated heterocycles. The van der Waals surface area contributed by atoms with Gasteiger partial charge >= 0.3 is 5.97 Å². The molecule has 0 aromatic rings. The van der Waals surface area contributed by atoms with Crippen LogP contribution in [0.25, 0.3) is 10.4 Å². The lowest BCUT2D eigenvalue weighted by Gasteiger charge is -2.01. The van der Waals surface area contributed by atoms with Gasteiger partial charge in [0, 0.05) is 16.2 Å². The molecular formula is C7H11N3O2. The number of carbonyl (C=O) groups excluding carboxylic acids is 1. The molecule has 0 unspecified atom stereocenters. The van der Waals surface area contributed by atoms with Gasteiger partial charge in [0.1, 0.15) is 0 Å². The average molecular weight is 169 g/mol. The van der Waals surface area contributed by atoms with Crippen LogP contribution in [0.15, 0.2) is 16.4 Å². The van der Waals surface area contributed by atoms with E-state index in [1.807, 2.05) is 0 Å². The fourth-order valence-electron chi connectivity index (χ4n) is 0.529. The predicted octanol–water partition coefficient (Wildman–Crippen LogP) is 2.15. The van der Waals surface area contributed by atoms with E-state index in [1.165, 1.54) is 0 Å². The highest BCUT2D eigenvalue weighted by Crippen LogP contribution is 2.06. The van der Waals surface area contributed by atoms with Crippen molar-refractivity contribution < 1.29 is 9.53 Å². The fourth-order valence-corrected chi connectivity index (χ4v) is 0.529. The van der Waals surface area contributed by atoms with Crippen molar-refractivity contribution in [3.05, 3.63) is 21.7 Å². The van der Waals surface area contributed by atoms with Gasteiger partial charge in [-0.15, -0.1) is 0 Å². The number of hydrogen-bond acceptors (Lipinski definition) is 3. The van der Waals surface area contributed by atoms with E-state index in [9.17, 15) is 4.79 Å². The van der Waals surface area contributed by atoms with Crippen molar-refractivity contribution >= 4 is 5.97 Å². The molecule has 5 nitrogen and oxygen atoms in total. The molecule has 0 atom stereocenters. The van der Waals surface area contributed by atoms with Crippen LogP contribution in [0, 0.1) is 0 Å². The van der Waals surface area contributed by atoms with E-state index >= 15 is 0 Å². The van der Waals surface area contributed by atoms with Crippen molar-refractivity contribution in [1.82, 2.24) is 0 Å². The lowest BCUT2D eigenvalue weighted by atomic mass is 10.2. The summed E-state index contributed by atoms with van der Waals surface area (Å²) in [5.74, 6) is -0.442. The van der Waals surface area contributed by atoms with Crippen molar-refractivity contribution in [2.45, 2.75) is 20.8 Å². The van der Waals surface area contributed by atoms with Gasteiger partial charge < -0.3 is 4.74 Å². The molecule has 0 rings (SSSR count). The molecule has 0 aliphatic carbocycles. The molecule has 0 amide bonds. The van der Waals surface area contributed by atoms with Crippen LogP contribution >= 0.6 is 0 Å². The number of carbonyl (C=O) groups is 1. The van der Waals surface area contributed by atoms with Crippen molar-refractivity contribution in [2.75, 3.05) is 6.61 Å². The van der Waals surface area contributed by atoms with E-state index in [1.54, 1.807) is 20.8 Å². The summed E-state index contributed by atoms with van der Waals surface area (Å²) in [4.78, 5) is 13.6. The zero-order valence-electron chi connectivity index (χ0n) is 7.37. The van der Waals surface area contributed by atoms with E-state index in [2.05, 4.69) is 10.0 Å². The van der Waals surface area contributed by atoms with Crippen molar-refractivity contribution in [3.63, 3.8) is 0 Å². The number of esters is 1. The van der Waals surface area contributed by atoms with E-state index in [0.29, 0.717) is 17.9 Å². The molecule has 0 saturated carbocycles. The van der Waals surface area contributed by atoms with E-state index in [0.717, 1.165) is 0 Å². The van der Waals surface area contributed by atoms with Gasteiger partial charge in [0.15, 0.2) is 0 Å². The summed E-state index contributed by atoms with van der Waals surface area (Å²) in [7, 11) is 0. The number of rotatable bonds is 3. The van der Waals surface area contributed by atoms with Gasteiger partial charge in [-0.3, -0.25) is 0 Å². The number of nitrogens with zero attached hydrogens (tertiary/aromatic N) is 3. The van der Waals surface area contributed by atoms with Crippen molar-refractivity contribution in [3.8, 4) is 0 Å². The highest BCUT2D eigenvalue weighted by atomic mass is 16.5. The van der Waals surface area contributed by atoms with E-state index < -0.39 is 5.97 Å². The second-order valence-corrected chi connectivity index (χ2v) is 2.12. The van der Waals surface area contributed by atoms with Crippen molar-refractivity contribution in [2.24, 2.45) is 5.11 Å². The molecule has 66 valence electrons. The first-order valence-electron chi connectivity index (χ1n) is 3.53. The molecular weight excluding hydrogens is 158 g/mol. The predicted molar refractivity (Wildman–Crippen MR) is 44.2 cm³/mol. The number of allylic oxidation sites excluding steroid dienone is 1. The first kappa shape index (κ1) is 10.5. The van der Waals surface area contributed by atoms with Gasteiger partial charge in [-0.25, -0.2) is 4.79 Å². The van der Waals surface area contributed by atoms with Crippen LogP contribution in [-0.4, -0.2) is 12.6 Å². The Kier molecular flexibility index (Phi) is 4.57. The maximum absolute atomic E-state index is 11.0. The molecule has 0 radical (unpaired) electrons. The zero-order valence-corrected chi connectivity index (χ0v) is 7.37. The molecule has 0 aliphatic heterocycles. The summed E-state index contributed by atoms with van der Waals surface area (Å²) in [6.45, 7) is 5.15. The summed E-state index contributed by atoms with van der Waals surface area (Å²) in [5, 5.41) is 3.29. The zero-order chi connectivity index (χ0) is 9.56. The second kappa shape index (κ2) is 5.21. The Morgan fingerprint density at radius 1 is 1.58 bits per heavy atom. The van der Waals surface area contributed by atoms with Crippen LogP contribution in [0.2, 0.25) is 0 Å². The molecule has 0 heterocycles. The Morgan fingerprint density at radius 2 is 2.17 bits per heavy atom. The third kappa shape index (κ3) is 3.07. The normalized spacial score (nSPS) is 11.2. The Bertz CT molecular complexity index is 251. The van der Waals surface area contributed by atoms with Gasteiger partial charge in [0.25, 0.3) is 0 Å². The average Bonchev–Trinajstić information content (AvgIpc) is 2.04. The molecule has 5 heteroatoms. The number of ether oxygens (including phenoxy) is 1. The van der Waals surface area contributed by atoms with Crippen LogP contribution < -0.4 is 0 Å². The molecule has 0 aliphatic rings. The largest absolute Gasteiger partial charge is 0.463 e. The van der Waals surface area contributed by atoms with Crippen LogP contribution in [0.3, 0.4) is 0 Å². The number of hydrogen-bond donors (Lipinski definition) is 0. The standard InChI is InChI=1S/C7H11N3O2/c1-4-12-7(11)5(2)6(3)9-10-8/h4H2,1-3H3/b6-5+. The summed E-state index contributed by atoms with van der Waals surface area (Å²) in [6.07, 6.45) is 0. The Balaban J connectivity index is 4.53. The van der Waals surface area contributed by atoms with Gasteiger partial charge in [-0.2, -0.15) is 0 Å². The topological polar surface area (TPSA) is 75.1 Å². The van der Waals surface area contributed by atoms with Crippen LogP contribution in [0.1, 0.15) is 20.8 Å². The lowest BCUT2D eigenvalue weighted by Crippen LogP contribution is -2.06. The van der Waals surface area contributed by atoms with Gasteiger partial charge in [0.05, 0.1) is 6.61 Å².